The lowest BCUT2D eigenvalue weighted by Gasteiger charge is -2.14. The van der Waals surface area contributed by atoms with Crippen molar-refractivity contribution in [1.29, 1.82) is 0 Å². The Morgan fingerprint density at radius 2 is 1.70 bits per heavy atom. The van der Waals surface area contributed by atoms with E-state index in [9.17, 15) is 0 Å². The molecule has 27 heavy (non-hydrogen) atoms. The predicted molar refractivity (Wildman–Crippen MR) is 114 cm³/mol. The average Bonchev–Trinajstić information content (AvgIpc) is 2.71. The molecule has 0 amide bonds. The molecule has 0 spiro atoms. The standard InChI is InChI=1S/C25H22O2/c1-4-18-9-11-22-23(15-18)20(10-12-24(22)26-3)16-27-25-14-17(2)13-19-7-5-6-8-21(19)25/h4-15H,1,16H2,2-3H3. The molecule has 4 rings (SSSR count). The first-order chi connectivity index (χ1) is 13.2. The molecule has 0 heterocycles. The van der Waals surface area contributed by atoms with Gasteiger partial charge in [-0.15, -0.1) is 0 Å². The number of fused-ring (bicyclic) bond motifs is 2. The van der Waals surface area contributed by atoms with Crippen LogP contribution in [0, 0.1) is 6.92 Å². The Hall–Kier alpha value is -3.26. The summed E-state index contributed by atoms with van der Waals surface area (Å²) in [6.45, 7) is 6.48. The van der Waals surface area contributed by atoms with E-state index in [4.69, 9.17) is 9.47 Å². The van der Waals surface area contributed by atoms with Crippen molar-refractivity contribution in [3.8, 4) is 11.5 Å². The number of rotatable bonds is 5. The van der Waals surface area contributed by atoms with Crippen molar-refractivity contribution in [2.45, 2.75) is 13.5 Å². The first kappa shape index (κ1) is 17.2. The summed E-state index contributed by atoms with van der Waals surface area (Å²) in [5, 5.41) is 4.54. The van der Waals surface area contributed by atoms with Gasteiger partial charge in [-0.1, -0.05) is 61.2 Å². The van der Waals surface area contributed by atoms with Crippen molar-refractivity contribution >= 4 is 27.6 Å². The number of methoxy groups -OCH3 is 1. The molecule has 2 nitrogen and oxygen atoms in total. The Labute approximate surface area is 159 Å². The summed E-state index contributed by atoms with van der Waals surface area (Å²) in [7, 11) is 1.70. The van der Waals surface area contributed by atoms with Gasteiger partial charge >= 0.3 is 0 Å². The van der Waals surface area contributed by atoms with E-state index in [0.717, 1.165) is 38.8 Å². The van der Waals surface area contributed by atoms with E-state index in [1.807, 2.05) is 18.2 Å². The van der Waals surface area contributed by atoms with Crippen molar-refractivity contribution in [2.75, 3.05) is 7.11 Å². The van der Waals surface area contributed by atoms with Gasteiger partial charge in [0.1, 0.15) is 18.1 Å². The molecular weight excluding hydrogens is 332 g/mol. The van der Waals surface area contributed by atoms with E-state index < -0.39 is 0 Å². The molecule has 4 aromatic carbocycles. The van der Waals surface area contributed by atoms with E-state index in [1.54, 1.807) is 7.11 Å². The van der Waals surface area contributed by atoms with Crippen LogP contribution in [0.2, 0.25) is 0 Å². The minimum atomic E-state index is 0.495. The van der Waals surface area contributed by atoms with Crippen molar-refractivity contribution in [1.82, 2.24) is 0 Å². The zero-order valence-corrected chi connectivity index (χ0v) is 15.7. The molecule has 0 aliphatic rings. The number of benzene rings is 4. The SMILES string of the molecule is C=Cc1ccc2c(OC)ccc(COc3cc(C)cc4ccccc34)c2c1. The van der Waals surface area contributed by atoms with Crippen molar-refractivity contribution in [3.05, 3.63) is 90.0 Å². The number of hydrogen-bond acceptors (Lipinski definition) is 2. The summed E-state index contributed by atoms with van der Waals surface area (Å²) >= 11 is 0. The van der Waals surface area contributed by atoms with Gasteiger partial charge in [-0.3, -0.25) is 0 Å². The van der Waals surface area contributed by atoms with Gasteiger partial charge in [0.15, 0.2) is 0 Å². The molecule has 4 aromatic rings. The van der Waals surface area contributed by atoms with E-state index in [0.29, 0.717) is 6.61 Å². The summed E-state index contributed by atoms with van der Waals surface area (Å²) < 4.78 is 11.8. The van der Waals surface area contributed by atoms with Crippen LogP contribution in [0.3, 0.4) is 0 Å². The number of hydrogen-bond donors (Lipinski definition) is 0. The fourth-order valence-electron chi connectivity index (χ4n) is 3.52. The molecule has 0 unspecified atom stereocenters. The third kappa shape index (κ3) is 3.26. The zero-order chi connectivity index (χ0) is 18.8. The fraction of sp³-hybridized carbons (Fsp3) is 0.120. The molecule has 0 fully saturated rings. The van der Waals surface area contributed by atoms with E-state index in [-0.39, 0.29) is 0 Å². The first-order valence-corrected chi connectivity index (χ1v) is 9.04. The van der Waals surface area contributed by atoms with Crippen LogP contribution >= 0.6 is 0 Å². The maximum Gasteiger partial charge on any atom is 0.127 e. The summed E-state index contributed by atoms with van der Waals surface area (Å²) in [4.78, 5) is 0. The monoisotopic (exact) mass is 354 g/mol. The number of ether oxygens (including phenoxy) is 2. The van der Waals surface area contributed by atoms with Crippen molar-refractivity contribution in [2.24, 2.45) is 0 Å². The molecule has 0 saturated heterocycles. The van der Waals surface area contributed by atoms with Crippen molar-refractivity contribution < 1.29 is 9.47 Å². The molecule has 0 radical (unpaired) electrons. The highest BCUT2D eigenvalue weighted by Crippen LogP contribution is 2.32. The summed E-state index contributed by atoms with van der Waals surface area (Å²) in [5.74, 6) is 1.78. The Morgan fingerprint density at radius 1 is 0.852 bits per heavy atom. The number of aryl methyl sites for hydroxylation is 1. The topological polar surface area (TPSA) is 18.5 Å². The molecule has 0 saturated carbocycles. The second-order valence-electron chi connectivity index (χ2n) is 6.71. The molecule has 0 aromatic heterocycles. The molecule has 134 valence electrons. The van der Waals surface area contributed by atoms with Crippen LogP contribution in [-0.2, 0) is 6.61 Å². The van der Waals surface area contributed by atoms with Crippen LogP contribution in [0.1, 0.15) is 16.7 Å². The summed E-state index contributed by atoms with van der Waals surface area (Å²) in [6, 6.07) is 23.0. The minimum absolute atomic E-state index is 0.495. The maximum absolute atomic E-state index is 6.27. The van der Waals surface area contributed by atoms with Gasteiger partial charge in [0.05, 0.1) is 7.11 Å². The van der Waals surface area contributed by atoms with Gasteiger partial charge in [-0.2, -0.15) is 0 Å². The van der Waals surface area contributed by atoms with E-state index >= 15 is 0 Å². The van der Waals surface area contributed by atoms with Crippen LogP contribution in [0.4, 0.5) is 0 Å². The molecule has 0 atom stereocenters. The Kier molecular flexibility index (Phi) is 4.55. The molecule has 0 aliphatic heterocycles. The maximum atomic E-state index is 6.27. The smallest absolute Gasteiger partial charge is 0.127 e. The third-order valence-electron chi connectivity index (χ3n) is 4.90. The minimum Gasteiger partial charge on any atom is -0.496 e. The highest BCUT2D eigenvalue weighted by atomic mass is 16.5. The predicted octanol–water partition coefficient (Wildman–Crippen LogP) is 6.53. The van der Waals surface area contributed by atoms with Gasteiger partial charge in [0, 0.05) is 10.8 Å². The van der Waals surface area contributed by atoms with Gasteiger partial charge in [0.25, 0.3) is 0 Å². The highest BCUT2D eigenvalue weighted by Gasteiger charge is 2.09. The lowest BCUT2D eigenvalue weighted by molar-refractivity contribution is 0.311. The largest absolute Gasteiger partial charge is 0.496 e. The Balaban J connectivity index is 1.75. The van der Waals surface area contributed by atoms with Gasteiger partial charge in [0.2, 0.25) is 0 Å². The van der Waals surface area contributed by atoms with Gasteiger partial charge < -0.3 is 9.47 Å². The van der Waals surface area contributed by atoms with Gasteiger partial charge in [-0.05, 0) is 52.6 Å². The molecule has 0 aliphatic carbocycles. The Bertz CT molecular complexity index is 1140. The van der Waals surface area contributed by atoms with Gasteiger partial charge in [-0.25, -0.2) is 0 Å². The highest BCUT2D eigenvalue weighted by molar-refractivity contribution is 5.93. The van der Waals surface area contributed by atoms with Crippen molar-refractivity contribution in [3.63, 3.8) is 0 Å². The van der Waals surface area contributed by atoms with Crippen LogP contribution in [0.25, 0.3) is 27.6 Å². The van der Waals surface area contributed by atoms with E-state index in [1.165, 1.54) is 10.9 Å². The third-order valence-corrected chi connectivity index (χ3v) is 4.90. The normalized spacial score (nSPS) is 10.9. The van der Waals surface area contributed by atoms with Crippen LogP contribution in [0.15, 0.2) is 73.3 Å². The van der Waals surface area contributed by atoms with Crippen LogP contribution < -0.4 is 9.47 Å². The fourth-order valence-corrected chi connectivity index (χ4v) is 3.52. The molecule has 0 bridgehead atoms. The summed E-state index contributed by atoms with van der Waals surface area (Å²) in [5.41, 5.74) is 3.40. The van der Waals surface area contributed by atoms with Crippen LogP contribution in [0.5, 0.6) is 11.5 Å². The first-order valence-electron chi connectivity index (χ1n) is 9.04. The lowest BCUT2D eigenvalue weighted by Crippen LogP contribution is -1.99. The summed E-state index contributed by atoms with van der Waals surface area (Å²) in [6.07, 6.45) is 1.86. The lowest BCUT2D eigenvalue weighted by atomic mass is 10.0. The average molecular weight is 354 g/mol. The zero-order valence-electron chi connectivity index (χ0n) is 15.7. The Morgan fingerprint density at radius 3 is 2.52 bits per heavy atom. The second-order valence-corrected chi connectivity index (χ2v) is 6.71. The molecule has 2 heteroatoms. The molecule has 0 N–H and O–H groups in total. The van der Waals surface area contributed by atoms with E-state index in [2.05, 4.69) is 68.1 Å². The quantitative estimate of drug-likeness (QED) is 0.405. The second kappa shape index (κ2) is 7.16. The molecular formula is C25H22O2. The van der Waals surface area contributed by atoms with Crippen LogP contribution in [-0.4, -0.2) is 7.11 Å².